The number of pyridine rings is 2. The van der Waals surface area contributed by atoms with Gasteiger partial charge in [-0.3, -0.25) is 0 Å². The minimum absolute atomic E-state index is 0.774. The van der Waals surface area contributed by atoms with Crippen LogP contribution >= 0.6 is 11.3 Å². The third kappa shape index (κ3) is 4.07. The molecule has 3 aromatic heterocycles. The second-order valence-corrected chi connectivity index (χ2v) is 7.93. The summed E-state index contributed by atoms with van der Waals surface area (Å²) in [5.74, 6) is 1.57. The summed E-state index contributed by atoms with van der Waals surface area (Å²) in [5.41, 5.74) is 3.28. The molecule has 0 bridgehead atoms. The van der Waals surface area contributed by atoms with Gasteiger partial charge in [0.05, 0.1) is 22.5 Å². The van der Waals surface area contributed by atoms with Crippen LogP contribution in [0.4, 0.5) is 22.5 Å². The lowest BCUT2D eigenvalue weighted by Gasteiger charge is -2.33. The molecule has 146 valence electrons. The van der Waals surface area contributed by atoms with Gasteiger partial charge in [0, 0.05) is 39.4 Å². The average Bonchev–Trinajstić information content (AvgIpc) is 3.10. The van der Waals surface area contributed by atoms with E-state index in [0.29, 0.717) is 0 Å². The number of hydrogen-bond acceptors (Lipinski definition) is 8. The third-order valence-corrected chi connectivity index (χ3v) is 6.13. The van der Waals surface area contributed by atoms with Gasteiger partial charge in [-0.05, 0) is 43.8 Å². The summed E-state index contributed by atoms with van der Waals surface area (Å²) >= 11 is 1.64. The van der Waals surface area contributed by atoms with Gasteiger partial charge in [-0.2, -0.15) is 0 Å². The van der Waals surface area contributed by atoms with Crippen molar-refractivity contribution in [1.82, 2.24) is 19.9 Å². The summed E-state index contributed by atoms with van der Waals surface area (Å²) < 4.78 is 0. The fourth-order valence-electron chi connectivity index (χ4n) is 3.25. The lowest BCUT2D eigenvalue weighted by molar-refractivity contribution is 0.313. The fraction of sp³-hybridized carbons (Fsp3) is 0.350. The largest absolute Gasteiger partial charge is 0.368 e. The Balaban J connectivity index is 1.48. The Labute approximate surface area is 169 Å². The number of anilines is 4. The topological polar surface area (TPSA) is 69.2 Å². The van der Waals surface area contributed by atoms with E-state index in [1.807, 2.05) is 44.6 Å². The molecule has 7 nitrogen and oxygen atoms in total. The first-order valence-corrected chi connectivity index (χ1v) is 10.2. The minimum Gasteiger partial charge on any atom is -0.368 e. The van der Waals surface area contributed by atoms with Crippen LogP contribution in [0.3, 0.4) is 0 Å². The number of nitrogens with one attached hydrogen (secondary N) is 2. The summed E-state index contributed by atoms with van der Waals surface area (Å²) in [6.07, 6.45) is 3.75. The normalized spacial score (nSPS) is 14.9. The van der Waals surface area contributed by atoms with Gasteiger partial charge in [-0.25, -0.2) is 15.0 Å². The number of piperazine rings is 1. The Morgan fingerprint density at radius 3 is 2.54 bits per heavy atom. The summed E-state index contributed by atoms with van der Waals surface area (Å²) in [7, 11) is 4.05. The number of aromatic nitrogens is 3. The highest BCUT2D eigenvalue weighted by Crippen LogP contribution is 2.33. The highest BCUT2D eigenvalue weighted by molar-refractivity contribution is 7.19. The molecule has 0 saturated carbocycles. The van der Waals surface area contributed by atoms with Gasteiger partial charge in [0.15, 0.2) is 5.13 Å². The molecular weight excluding hydrogens is 370 g/mol. The van der Waals surface area contributed by atoms with E-state index in [0.717, 1.165) is 59.1 Å². The maximum Gasteiger partial charge on any atom is 0.183 e. The second kappa shape index (κ2) is 8.12. The van der Waals surface area contributed by atoms with E-state index >= 15 is 0 Å². The first kappa shape index (κ1) is 18.6. The second-order valence-electron chi connectivity index (χ2n) is 6.93. The van der Waals surface area contributed by atoms with Crippen molar-refractivity contribution in [2.24, 2.45) is 0 Å². The lowest BCUT2D eigenvalue weighted by Crippen LogP contribution is -2.44. The molecule has 0 unspecified atom stereocenters. The van der Waals surface area contributed by atoms with E-state index < -0.39 is 0 Å². The summed E-state index contributed by atoms with van der Waals surface area (Å²) in [6.45, 7) is 6.28. The Bertz CT molecular complexity index is 930. The van der Waals surface area contributed by atoms with Crippen molar-refractivity contribution in [2.75, 3.05) is 55.8 Å². The standard InChI is InChI=1S/C20H25N7S/c1-14-19(28-20(21-2)24-14)15-6-7-22-18(12-15)25-17-5-4-16(13-23-17)27-10-8-26(3)9-11-27/h4-7,12-13H,8-11H2,1-3H3,(H,21,24)(H,22,23,25). The predicted octanol–water partition coefficient (Wildman–Crippen LogP) is 3.45. The smallest absolute Gasteiger partial charge is 0.183 e. The Morgan fingerprint density at radius 2 is 1.86 bits per heavy atom. The zero-order valence-corrected chi connectivity index (χ0v) is 17.3. The van der Waals surface area contributed by atoms with Gasteiger partial charge < -0.3 is 20.4 Å². The van der Waals surface area contributed by atoms with Crippen molar-refractivity contribution in [2.45, 2.75) is 6.92 Å². The third-order valence-electron chi connectivity index (χ3n) is 4.91. The van der Waals surface area contributed by atoms with Crippen LogP contribution in [-0.4, -0.2) is 60.1 Å². The molecule has 8 heteroatoms. The zero-order chi connectivity index (χ0) is 19.5. The van der Waals surface area contributed by atoms with Crippen molar-refractivity contribution < 1.29 is 0 Å². The van der Waals surface area contributed by atoms with E-state index in [9.17, 15) is 0 Å². The first-order chi connectivity index (χ1) is 13.6. The molecule has 28 heavy (non-hydrogen) atoms. The van der Waals surface area contributed by atoms with Crippen LogP contribution in [0.25, 0.3) is 10.4 Å². The average molecular weight is 396 g/mol. The monoisotopic (exact) mass is 395 g/mol. The molecule has 4 heterocycles. The molecule has 3 aromatic rings. The number of rotatable bonds is 5. The van der Waals surface area contributed by atoms with Gasteiger partial charge >= 0.3 is 0 Å². The molecule has 0 aliphatic carbocycles. The van der Waals surface area contributed by atoms with Crippen LogP contribution in [-0.2, 0) is 0 Å². The SMILES string of the molecule is CNc1nc(C)c(-c2ccnc(Nc3ccc(N4CCN(C)CC4)cn3)c2)s1. The molecule has 0 aromatic carbocycles. The molecule has 4 rings (SSSR count). The van der Waals surface area contributed by atoms with Crippen LogP contribution in [0.5, 0.6) is 0 Å². The van der Waals surface area contributed by atoms with Gasteiger partial charge in [0.25, 0.3) is 0 Å². The van der Waals surface area contributed by atoms with Gasteiger partial charge in [0.2, 0.25) is 0 Å². The Kier molecular flexibility index (Phi) is 5.40. The van der Waals surface area contributed by atoms with Gasteiger partial charge in [-0.1, -0.05) is 11.3 Å². The van der Waals surface area contributed by atoms with Gasteiger partial charge in [-0.15, -0.1) is 0 Å². The van der Waals surface area contributed by atoms with Crippen molar-refractivity contribution >= 4 is 33.8 Å². The van der Waals surface area contributed by atoms with Crippen LogP contribution < -0.4 is 15.5 Å². The molecule has 1 fully saturated rings. The molecule has 0 radical (unpaired) electrons. The summed E-state index contributed by atoms with van der Waals surface area (Å²) in [6, 6.07) is 8.18. The van der Waals surface area contributed by atoms with Crippen LogP contribution in [0.15, 0.2) is 36.7 Å². The van der Waals surface area contributed by atoms with Crippen LogP contribution in [0, 0.1) is 6.92 Å². The van der Waals surface area contributed by atoms with Crippen molar-refractivity contribution in [1.29, 1.82) is 0 Å². The highest BCUT2D eigenvalue weighted by Gasteiger charge is 2.14. The number of thiazole rings is 1. The van der Waals surface area contributed by atoms with Crippen LogP contribution in [0.2, 0.25) is 0 Å². The molecule has 1 aliphatic heterocycles. The molecule has 0 atom stereocenters. The number of aryl methyl sites for hydroxylation is 1. The van der Waals surface area contributed by atoms with E-state index in [-0.39, 0.29) is 0 Å². The molecule has 2 N–H and O–H groups in total. The van der Waals surface area contributed by atoms with Crippen molar-refractivity contribution in [3.05, 3.63) is 42.4 Å². The first-order valence-electron chi connectivity index (χ1n) is 9.40. The maximum absolute atomic E-state index is 4.58. The predicted molar refractivity (Wildman–Crippen MR) is 117 cm³/mol. The highest BCUT2D eigenvalue weighted by atomic mass is 32.1. The van der Waals surface area contributed by atoms with Gasteiger partial charge in [0.1, 0.15) is 11.6 Å². The van der Waals surface area contributed by atoms with Crippen molar-refractivity contribution in [3.63, 3.8) is 0 Å². The van der Waals surface area contributed by atoms with E-state index in [2.05, 4.69) is 48.5 Å². The summed E-state index contributed by atoms with van der Waals surface area (Å²) in [5, 5.41) is 7.33. The van der Waals surface area contributed by atoms with Crippen LogP contribution in [0.1, 0.15) is 5.69 Å². The zero-order valence-electron chi connectivity index (χ0n) is 16.4. The maximum atomic E-state index is 4.58. The van der Waals surface area contributed by atoms with Crippen molar-refractivity contribution in [3.8, 4) is 10.4 Å². The van der Waals surface area contributed by atoms with E-state index in [4.69, 9.17) is 0 Å². The van der Waals surface area contributed by atoms with E-state index in [1.165, 1.54) is 5.69 Å². The minimum atomic E-state index is 0.774. The molecule has 1 saturated heterocycles. The Morgan fingerprint density at radius 1 is 1.04 bits per heavy atom. The molecule has 1 aliphatic rings. The summed E-state index contributed by atoms with van der Waals surface area (Å²) in [4.78, 5) is 19.4. The number of hydrogen-bond donors (Lipinski definition) is 2. The quantitative estimate of drug-likeness (QED) is 0.686. The number of nitrogens with zero attached hydrogens (tertiary/aromatic N) is 5. The number of likely N-dealkylation sites (N-methyl/N-ethyl adjacent to an activating group) is 1. The molecular formula is C20H25N7S. The van der Waals surface area contributed by atoms with E-state index in [1.54, 1.807) is 11.3 Å². The fourth-order valence-corrected chi connectivity index (χ4v) is 4.17. The lowest BCUT2D eigenvalue weighted by atomic mass is 10.2. The Hall–Kier alpha value is -2.71. The molecule has 0 amide bonds. The molecule has 0 spiro atoms.